The Hall–Kier alpha value is 0.110. The lowest BCUT2D eigenvalue weighted by atomic mass is 10.0. The van der Waals surface area contributed by atoms with Crippen LogP contribution in [0.3, 0.4) is 0 Å². The highest BCUT2D eigenvalue weighted by atomic mass is 35.5. The lowest BCUT2D eigenvalue weighted by Crippen LogP contribution is -2.34. The van der Waals surface area contributed by atoms with Gasteiger partial charge in [0.25, 0.3) is 0 Å². The third kappa shape index (κ3) is 4.06. The zero-order valence-corrected chi connectivity index (χ0v) is 12.9. The first-order valence-corrected chi connectivity index (χ1v) is 8.19. The highest BCUT2D eigenvalue weighted by Crippen LogP contribution is 2.32. The van der Waals surface area contributed by atoms with Gasteiger partial charge in [0.1, 0.15) is 0 Å². The summed E-state index contributed by atoms with van der Waals surface area (Å²) in [6.07, 6.45) is 5.50. The molecule has 0 amide bonds. The Morgan fingerprint density at radius 1 is 1.22 bits per heavy atom. The van der Waals surface area contributed by atoms with Crippen molar-refractivity contribution in [2.24, 2.45) is 5.92 Å². The molecule has 1 nitrogen and oxygen atoms in total. The maximum Gasteiger partial charge on any atom is 0.0431 e. The molecule has 0 bridgehead atoms. The Labute approximate surface area is 124 Å². The van der Waals surface area contributed by atoms with E-state index in [4.69, 9.17) is 23.2 Å². The van der Waals surface area contributed by atoms with Crippen LogP contribution in [0.25, 0.3) is 0 Å². The van der Waals surface area contributed by atoms with Crippen LogP contribution in [0.5, 0.6) is 0 Å². The van der Waals surface area contributed by atoms with Gasteiger partial charge in [0.05, 0.1) is 0 Å². The van der Waals surface area contributed by atoms with Crippen molar-refractivity contribution in [1.29, 1.82) is 0 Å². The van der Waals surface area contributed by atoms with Crippen molar-refractivity contribution >= 4 is 35.0 Å². The van der Waals surface area contributed by atoms with Crippen LogP contribution in [0, 0.1) is 5.92 Å². The molecule has 0 aromatic heterocycles. The second-order valence-electron chi connectivity index (χ2n) is 4.86. The van der Waals surface area contributed by atoms with E-state index in [1.165, 1.54) is 25.7 Å². The molecule has 1 aliphatic carbocycles. The molecular weight excluding hydrogens is 285 g/mol. The van der Waals surface area contributed by atoms with Crippen molar-refractivity contribution in [3.05, 3.63) is 28.2 Å². The van der Waals surface area contributed by atoms with E-state index in [-0.39, 0.29) is 0 Å². The summed E-state index contributed by atoms with van der Waals surface area (Å²) in [5.74, 6) is 1.91. The van der Waals surface area contributed by atoms with Gasteiger partial charge in [0, 0.05) is 26.7 Å². The van der Waals surface area contributed by atoms with Crippen molar-refractivity contribution < 1.29 is 0 Å². The van der Waals surface area contributed by atoms with E-state index in [0.717, 1.165) is 16.6 Å². The zero-order valence-electron chi connectivity index (χ0n) is 10.6. The van der Waals surface area contributed by atoms with E-state index in [2.05, 4.69) is 12.4 Å². The van der Waals surface area contributed by atoms with Crippen molar-refractivity contribution in [1.82, 2.24) is 5.32 Å². The monoisotopic (exact) mass is 303 g/mol. The Kier molecular flexibility index (Phi) is 5.68. The van der Waals surface area contributed by atoms with Crippen molar-refractivity contribution in [3.63, 3.8) is 0 Å². The molecule has 1 atom stereocenters. The van der Waals surface area contributed by atoms with Crippen LogP contribution >= 0.6 is 35.0 Å². The Morgan fingerprint density at radius 3 is 2.39 bits per heavy atom. The Balaban J connectivity index is 1.92. The molecule has 18 heavy (non-hydrogen) atoms. The molecule has 1 unspecified atom stereocenters. The minimum atomic E-state index is 0.593. The molecule has 1 aromatic carbocycles. The Bertz CT molecular complexity index is 371. The standard InChI is InChI=1S/C14H19Cl2NS/c1-17-14(10-4-2-3-5-10)9-18-13-7-11(15)6-12(16)8-13/h6-8,10,14,17H,2-5,9H2,1H3. The third-order valence-corrected chi connectivity index (χ3v) is 5.14. The third-order valence-electron chi connectivity index (χ3n) is 3.61. The van der Waals surface area contributed by atoms with Gasteiger partial charge in [-0.1, -0.05) is 36.0 Å². The summed E-state index contributed by atoms with van der Waals surface area (Å²) >= 11 is 13.9. The molecule has 100 valence electrons. The minimum Gasteiger partial charge on any atom is -0.316 e. The van der Waals surface area contributed by atoms with Crippen molar-refractivity contribution in [2.45, 2.75) is 36.6 Å². The van der Waals surface area contributed by atoms with Gasteiger partial charge in [0.2, 0.25) is 0 Å². The fourth-order valence-electron chi connectivity index (χ4n) is 2.61. The molecule has 1 aromatic rings. The number of benzene rings is 1. The second-order valence-corrected chi connectivity index (χ2v) is 6.82. The van der Waals surface area contributed by atoms with Crippen molar-refractivity contribution in [2.75, 3.05) is 12.8 Å². The van der Waals surface area contributed by atoms with Gasteiger partial charge in [-0.05, 0) is 44.0 Å². The molecular formula is C14H19Cl2NS. The fourth-order valence-corrected chi connectivity index (χ4v) is 4.50. The number of halogens is 2. The first-order chi connectivity index (χ1) is 8.69. The number of nitrogens with one attached hydrogen (secondary N) is 1. The van der Waals surface area contributed by atoms with E-state index >= 15 is 0 Å². The minimum absolute atomic E-state index is 0.593. The van der Waals surface area contributed by atoms with Crippen LogP contribution < -0.4 is 5.32 Å². The van der Waals surface area contributed by atoms with Gasteiger partial charge in [-0.3, -0.25) is 0 Å². The summed E-state index contributed by atoms with van der Waals surface area (Å²) in [5, 5.41) is 4.89. The van der Waals surface area contributed by atoms with Crippen LogP contribution in [0.15, 0.2) is 23.1 Å². The van der Waals surface area contributed by atoms with Crippen LogP contribution in [-0.4, -0.2) is 18.8 Å². The van der Waals surface area contributed by atoms with Crippen LogP contribution in [-0.2, 0) is 0 Å². The van der Waals surface area contributed by atoms with Gasteiger partial charge in [-0.2, -0.15) is 0 Å². The molecule has 1 aliphatic rings. The molecule has 1 fully saturated rings. The number of thioether (sulfide) groups is 1. The lowest BCUT2D eigenvalue weighted by Gasteiger charge is -2.22. The number of hydrogen-bond acceptors (Lipinski definition) is 2. The maximum absolute atomic E-state index is 6.01. The van der Waals surface area contributed by atoms with E-state index < -0.39 is 0 Å². The predicted octanol–water partition coefficient (Wildman–Crippen LogP) is 4.86. The number of rotatable bonds is 5. The average Bonchev–Trinajstić information content (AvgIpc) is 2.82. The lowest BCUT2D eigenvalue weighted by molar-refractivity contribution is 0.410. The maximum atomic E-state index is 6.01. The molecule has 1 N–H and O–H groups in total. The predicted molar refractivity (Wildman–Crippen MR) is 82.0 cm³/mol. The SMILES string of the molecule is CNC(CSc1cc(Cl)cc(Cl)c1)C1CCCC1. The summed E-state index contributed by atoms with van der Waals surface area (Å²) in [5.41, 5.74) is 0. The number of hydrogen-bond donors (Lipinski definition) is 1. The molecule has 0 spiro atoms. The molecule has 0 heterocycles. The van der Waals surface area contributed by atoms with E-state index in [1.54, 1.807) is 6.07 Å². The van der Waals surface area contributed by atoms with Gasteiger partial charge >= 0.3 is 0 Å². The summed E-state index contributed by atoms with van der Waals surface area (Å²) in [6.45, 7) is 0. The van der Waals surface area contributed by atoms with Gasteiger partial charge < -0.3 is 5.32 Å². The highest BCUT2D eigenvalue weighted by Gasteiger charge is 2.23. The van der Waals surface area contributed by atoms with E-state index in [0.29, 0.717) is 16.1 Å². The molecule has 2 rings (SSSR count). The second kappa shape index (κ2) is 7.04. The Morgan fingerprint density at radius 2 is 1.83 bits per heavy atom. The summed E-state index contributed by atoms with van der Waals surface area (Å²) in [7, 11) is 2.06. The van der Waals surface area contributed by atoms with Gasteiger partial charge in [-0.25, -0.2) is 0 Å². The average molecular weight is 304 g/mol. The normalized spacial score (nSPS) is 18.2. The first kappa shape index (κ1) is 14.5. The fraction of sp³-hybridized carbons (Fsp3) is 0.571. The summed E-state index contributed by atoms with van der Waals surface area (Å²) < 4.78 is 0. The van der Waals surface area contributed by atoms with Gasteiger partial charge in [-0.15, -0.1) is 11.8 Å². The van der Waals surface area contributed by atoms with E-state index in [9.17, 15) is 0 Å². The van der Waals surface area contributed by atoms with Crippen LogP contribution in [0.4, 0.5) is 0 Å². The largest absolute Gasteiger partial charge is 0.316 e. The first-order valence-electron chi connectivity index (χ1n) is 6.45. The molecule has 4 heteroatoms. The van der Waals surface area contributed by atoms with Crippen LogP contribution in [0.1, 0.15) is 25.7 Å². The van der Waals surface area contributed by atoms with Crippen LogP contribution in [0.2, 0.25) is 10.0 Å². The van der Waals surface area contributed by atoms with Gasteiger partial charge in [0.15, 0.2) is 0 Å². The zero-order chi connectivity index (χ0) is 13.0. The molecule has 0 radical (unpaired) electrons. The smallest absolute Gasteiger partial charge is 0.0431 e. The highest BCUT2D eigenvalue weighted by molar-refractivity contribution is 7.99. The quantitative estimate of drug-likeness (QED) is 0.779. The van der Waals surface area contributed by atoms with E-state index in [1.807, 2.05) is 23.9 Å². The summed E-state index contributed by atoms with van der Waals surface area (Å²) in [6, 6.07) is 6.34. The molecule has 0 saturated heterocycles. The summed E-state index contributed by atoms with van der Waals surface area (Å²) in [4.78, 5) is 1.16. The molecule has 1 saturated carbocycles. The molecule has 0 aliphatic heterocycles. The topological polar surface area (TPSA) is 12.0 Å². The van der Waals surface area contributed by atoms with Crippen molar-refractivity contribution in [3.8, 4) is 0 Å².